The summed E-state index contributed by atoms with van der Waals surface area (Å²) < 4.78 is 8.09. The quantitative estimate of drug-likeness (QED) is 0.775. The first kappa shape index (κ1) is 19.0. The lowest BCUT2D eigenvalue weighted by Gasteiger charge is -2.31. The minimum Gasteiger partial charge on any atom is -0.445 e. The maximum Gasteiger partial charge on any atom is 0.205 e. The zero-order valence-electron chi connectivity index (χ0n) is 17.5. The summed E-state index contributed by atoms with van der Waals surface area (Å²) in [7, 11) is 0. The molecule has 2 aliphatic carbocycles. The Bertz CT molecular complexity index is 1050. The van der Waals surface area contributed by atoms with E-state index >= 15 is 0 Å². The van der Waals surface area contributed by atoms with Gasteiger partial charge in [-0.3, -0.25) is 0 Å². The van der Waals surface area contributed by atoms with Crippen molar-refractivity contribution < 1.29 is 4.74 Å². The van der Waals surface area contributed by atoms with Crippen molar-refractivity contribution >= 4 is 0 Å². The van der Waals surface area contributed by atoms with Gasteiger partial charge >= 0.3 is 0 Å². The summed E-state index contributed by atoms with van der Waals surface area (Å²) in [4.78, 5) is 4.43. The standard InChI is InChI=1S/C25H28N4O/c1-2-22-28-13-14-29(22)18-9-7-17(8-10-18)23-20(15-26)25(27)30-21-12-11-19(24(21)23)16-5-3-4-6-16/h7-10,13-14,16,19,23H,2-6,11-12,27H2,1H3. The molecule has 1 saturated carbocycles. The Kier molecular flexibility index (Phi) is 4.86. The number of benzene rings is 1. The highest BCUT2D eigenvalue weighted by molar-refractivity contribution is 5.52. The fourth-order valence-electron chi connectivity index (χ4n) is 5.74. The molecular formula is C25H28N4O. The van der Waals surface area contributed by atoms with Gasteiger partial charge in [-0.25, -0.2) is 4.98 Å². The van der Waals surface area contributed by atoms with Gasteiger partial charge in [0.2, 0.25) is 5.88 Å². The van der Waals surface area contributed by atoms with Crippen LogP contribution >= 0.6 is 0 Å². The third kappa shape index (κ3) is 3.02. The Labute approximate surface area is 177 Å². The van der Waals surface area contributed by atoms with Gasteiger partial charge in [0, 0.05) is 36.8 Å². The van der Waals surface area contributed by atoms with Crippen LogP contribution in [0.5, 0.6) is 0 Å². The van der Waals surface area contributed by atoms with Crippen LogP contribution in [0.1, 0.15) is 62.8 Å². The molecule has 1 aromatic heterocycles. The highest BCUT2D eigenvalue weighted by Gasteiger charge is 2.43. The van der Waals surface area contributed by atoms with E-state index < -0.39 is 0 Å². The smallest absolute Gasteiger partial charge is 0.205 e. The second kappa shape index (κ2) is 7.68. The third-order valence-electron chi connectivity index (χ3n) is 7.13. The monoisotopic (exact) mass is 400 g/mol. The number of hydrogen-bond donors (Lipinski definition) is 1. The molecule has 5 rings (SSSR count). The maximum absolute atomic E-state index is 9.94. The molecule has 2 aromatic rings. The zero-order chi connectivity index (χ0) is 20.7. The van der Waals surface area contributed by atoms with E-state index in [1.54, 1.807) is 0 Å². The Morgan fingerprint density at radius 3 is 2.67 bits per heavy atom. The molecule has 0 radical (unpaired) electrons. The van der Waals surface area contributed by atoms with Crippen LogP contribution in [0.4, 0.5) is 0 Å². The summed E-state index contributed by atoms with van der Waals surface area (Å²) in [5, 5.41) is 9.94. The lowest BCUT2D eigenvalue weighted by atomic mass is 9.74. The SMILES string of the molecule is CCc1nccn1-c1ccc(C2C(C#N)=C(N)OC3=C2C(C2CCCC2)CC3)cc1. The summed E-state index contributed by atoms with van der Waals surface area (Å²) >= 11 is 0. The molecule has 0 saturated heterocycles. The van der Waals surface area contributed by atoms with Gasteiger partial charge in [0.25, 0.3) is 0 Å². The van der Waals surface area contributed by atoms with E-state index in [9.17, 15) is 5.26 Å². The Balaban J connectivity index is 1.54. The third-order valence-corrected chi connectivity index (χ3v) is 7.13. The van der Waals surface area contributed by atoms with Crippen molar-refractivity contribution in [3.8, 4) is 11.8 Å². The lowest BCUT2D eigenvalue weighted by molar-refractivity contribution is 0.272. The number of nitrogens with two attached hydrogens (primary N) is 1. The highest BCUT2D eigenvalue weighted by Crippen LogP contribution is 2.53. The van der Waals surface area contributed by atoms with Crippen molar-refractivity contribution in [2.45, 2.75) is 57.8 Å². The number of aromatic nitrogens is 2. The van der Waals surface area contributed by atoms with E-state index in [1.165, 1.54) is 31.3 Å². The van der Waals surface area contributed by atoms with E-state index in [0.29, 0.717) is 17.4 Å². The van der Waals surface area contributed by atoms with Crippen LogP contribution in [-0.4, -0.2) is 9.55 Å². The second-order valence-corrected chi connectivity index (χ2v) is 8.65. The Morgan fingerprint density at radius 2 is 1.97 bits per heavy atom. The fraction of sp³-hybridized carbons (Fsp3) is 0.440. The molecule has 1 aromatic carbocycles. The summed E-state index contributed by atoms with van der Waals surface area (Å²) in [5.41, 5.74) is 10.3. The van der Waals surface area contributed by atoms with Crippen LogP contribution in [0, 0.1) is 23.2 Å². The second-order valence-electron chi connectivity index (χ2n) is 8.65. The van der Waals surface area contributed by atoms with Gasteiger partial charge in [-0.05, 0) is 54.4 Å². The van der Waals surface area contributed by atoms with Crippen LogP contribution in [0.3, 0.4) is 0 Å². The van der Waals surface area contributed by atoms with Crippen molar-refractivity contribution in [3.63, 3.8) is 0 Å². The van der Waals surface area contributed by atoms with E-state index in [1.807, 2.05) is 12.4 Å². The molecule has 2 atom stereocenters. The van der Waals surface area contributed by atoms with Crippen molar-refractivity contribution in [2.24, 2.45) is 17.6 Å². The van der Waals surface area contributed by atoms with Gasteiger partial charge in [0.1, 0.15) is 23.2 Å². The average molecular weight is 401 g/mol. The predicted molar refractivity (Wildman–Crippen MR) is 115 cm³/mol. The van der Waals surface area contributed by atoms with Gasteiger partial charge < -0.3 is 15.0 Å². The molecule has 30 heavy (non-hydrogen) atoms. The summed E-state index contributed by atoms with van der Waals surface area (Å²) in [6.07, 6.45) is 12.0. The number of aryl methyl sites for hydroxylation is 1. The van der Waals surface area contributed by atoms with Crippen LogP contribution in [0.2, 0.25) is 0 Å². The molecule has 5 heteroatoms. The fourth-order valence-corrected chi connectivity index (χ4v) is 5.74. The zero-order valence-corrected chi connectivity index (χ0v) is 17.5. The minimum absolute atomic E-state index is 0.0886. The normalized spacial score (nSPS) is 24.1. The van der Waals surface area contributed by atoms with Crippen molar-refractivity contribution in [1.29, 1.82) is 5.26 Å². The van der Waals surface area contributed by atoms with Crippen molar-refractivity contribution in [2.75, 3.05) is 0 Å². The van der Waals surface area contributed by atoms with Gasteiger partial charge in [-0.2, -0.15) is 5.26 Å². The van der Waals surface area contributed by atoms with Crippen LogP contribution in [-0.2, 0) is 11.2 Å². The first-order valence-electron chi connectivity index (χ1n) is 11.1. The first-order chi connectivity index (χ1) is 14.7. The van der Waals surface area contributed by atoms with Gasteiger partial charge in [0.15, 0.2) is 0 Å². The number of allylic oxidation sites excluding steroid dienone is 3. The molecular weight excluding hydrogens is 372 g/mol. The van der Waals surface area contributed by atoms with Gasteiger partial charge in [-0.1, -0.05) is 31.9 Å². The van der Waals surface area contributed by atoms with Crippen LogP contribution < -0.4 is 5.73 Å². The lowest BCUT2D eigenvalue weighted by Crippen LogP contribution is -2.24. The molecule has 0 amide bonds. The molecule has 5 nitrogen and oxygen atoms in total. The topological polar surface area (TPSA) is 76.9 Å². The Hall–Kier alpha value is -3.00. The number of ether oxygens (including phenoxy) is 1. The predicted octanol–water partition coefficient (Wildman–Crippen LogP) is 5.10. The Morgan fingerprint density at radius 1 is 1.20 bits per heavy atom. The maximum atomic E-state index is 9.94. The largest absolute Gasteiger partial charge is 0.445 e. The van der Waals surface area contributed by atoms with Crippen molar-refractivity contribution in [1.82, 2.24) is 9.55 Å². The van der Waals surface area contributed by atoms with Crippen molar-refractivity contribution in [3.05, 3.63) is 70.8 Å². The number of nitrogens with zero attached hydrogens (tertiary/aromatic N) is 3. The molecule has 0 bridgehead atoms. The number of hydrogen-bond acceptors (Lipinski definition) is 4. The molecule has 2 heterocycles. The molecule has 3 aliphatic rings. The molecule has 154 valence electrons. The molecule has 2 unspecified atom stereocenters. The highest BCUT2D eigenvalue weighted by atomic mass is 16.5. The minimum atomic E-state index is -0.0886. The van der Waals surface area contributed by atoms with Crippen LogP contribution in [0.25, 0.3) is 5.69 Å². The molecule has 2 N–H and O–H groups in total. The van der Waals surface area contributed by atoms with Gasteiger partial charge in [-0.15, -0.1) is 0 Å². The number of imidazole rings is 1. The first-order valence-corrected chi connectivity index (χ1v) is 11.1. The molecule has 1 fully saturated rings. The van der Waals surface area contributed by atoms with E-state index in [4.69, 9.17) is 10.5 Å². The van der Waals surface area contributed by atoms with E-state index in [0.717, 1.165) is 42.1 Å². The number of nitriles is 1. The van der Waals surface area contributed by atoms with E-state index in [-0.39, 0.29) is 11.8 Å². The van der Waals surface area contributed by atoms with Gasteiger partial charge in [0.05, 0.1) is 0 Å². The average Bonchev–Trinajstić information content (AvgIpc) is 3.52. The molecule has 0 spiro atoms. The summed E-state index contributed by atoms with van der Waals surface area (Å²) in [6, 6.07) is 10.9. The summed E-state index contributed by atoms with van der Waals surface area (Å²) in [6.45, 7) is 2.11. The summed E-state index contributed by atoms with van der Waals surface area (Å²) in [5.74, 6) is 3.46. The van der Waals surface area contributed by atoms with E-state index in [2.05, 4.69) is 46.8 Å². The van der Waals surface area contributed by atoms with Crippen LogP contribution in [0.15, 0.2) is 59.4 Å². The molecule has 1 aliphatic heterocycles. The number of rotatable bonds is 4.